The zero-order valence-electron chi connectivity index (χ0n) is 15.3. The Morgan fingerprint density at radius 3 is 2.55 bits per heavy atom. The molecule has 0 saturated heterocycles. The van der Waals surface area contributed by atoms with Gasteiger partial charge in [-0.25, -0.2) is 18.4 Å². The van der Waals surface area contributed by atoms with E-state index in [1.165, 1.54) is 4.31 Å². The second-order valence-corrected chi connectivity index (χ2v) is 8.70. The maximum atomic E-state index is 12.9. The Kier molecular flexibility index (Phi) is 4.70. The van der Waals surface area contributed by atoms with Crippen LogP contribution in [0.3, 0.4) is 0 Å². The molecule has 3 heterocycles. The Morgan fingerprint density at radius 2 is 1.86 bits per heavy atom. The molecule has 1 aliphatic heterocycles. The van der Waals surface area contributed by atoms with Crippen LogP contribution in [0.5, 0.6) is 5.75 Å². The van der Waals surface area contributed by atoms with E-state index in [-0.39, 0.29) is 18.0 Å². The maximum Gasteiger partial charge on any atom is 0.573 e. The number of aryl methyl sites for hydroxylation is 1. The van der Waals surface area contributed by atoms with E-state index in [1.54, 1.807) is 6.20 Å². The van der Waals surface area contributed by atoms with Crippen LogP contribution in [0.15, 0.2) is 47.5 Å². The van der Waals surface area contributed by atoms with Crippen LogP contribution in [0.4, 0.5) is 13.2 Å². The highest BCUT2D eigenvalue weighted by Crippen LogP contribution is 2.28. The van der Waals surface area contributed by atoms with Crippen LogP contribution in [-0.2, 0) is 23.0 Å². The van der Waals surface area contributed by atoms with Crippen LogP contribution in [-0.4, -0.2) is 35.6 Å². The summed E-state index contributed by atoms with van der Waals surface area (Å²) in [6.07, 6.45) is -2.68. The molecule has 0 amide bonds. The quantitative estimate of drug-likeness (QED) is 0.644. The van der Waals surface area contributed by atoms with Gasteiger partial charge in [0.1, 0.15) is 5.75 Å². The Balaban J connectivity index is 1.60. The van der Waals surface area contributed by atoms with E-state index in [0.29, 0.717) is 12.1 Å². The largest absolute Gasteiger partial charge is 0.573 e. The lowest BCUT2D eigenvalue weighted by Crippen LogP contribution is -2.36. The predicted molar refractivity (Wildman–Crippen MR) is 98.7 cm³/mol. The van der Waals surface area contributed by atoms with Crippen molar-refractivity contribution >= 4 is 21.1 Å². The van der Waals surface area contributed by atoms with Gasteiger partial charge in [-0.05, 0) is 54.4 Å². The van der Waals surface area contributed by atoms with Crippen molar-refractivity contribution in [3.8, 4) is 5.75 Å². The summed E-state index contributed by atoms with van der Waals surface area (Å²) in [5.74, 6) is -0.473. The number of hydrogen-bond donors (Lipinski definition) is 0. The first-order valence-electron chi connectivity index (χ1n) is 8.73. The molecule has 0 unspecified atom stereocenters. The van der Waals surface area contributed by atoms with Crippen molar-refractivity contribution in [2.24, 2.45) is 0 Å². The van der Waals surface area contributed by atoms with Gasteiger partial charge in [-0.3, -0.25) is 0 Å². The Morgan fingerprint density at radius 1 is 1.14 bits per heavy atom. The molecule has 0 N–H and O–H groups in total. The lowest BCUT2D eigenvalue weighted by molar-refractivity contribution is -0.274. The average molecular weight is 423 g/mol. The summed E-state index contributed by atoms with van der Waals surface area (Å²) in [4.78, 5) is 8.74. The first kappa shape index (κ1) is 19.6. The fourth-order valence-corrected chi connectivity index (χ4v) is 4.69. The van der Waals surface area contributed by atoms with Crippen LogP contribution in [0.1, 0.15) is 16.8 Å². The molecule has 0 bridgehead atoms. The molecule has 152 valence electrons. The fraction of sp³-hybridized carbons (Fsp3) is 0.263. The number of pyridine rings is 2. The molecule has 6 nitrogen and oxygen atoms in total. The van der Waals surface area contributed by atoms with Gasteiger partial charge in [0.15, 0.2) is 5.65 Å². The standard InChI is InChI=1S/C19H16F3N3O3S/c1-12-8-13-9-14-11-25(7-6-17(14)24-18(13)23-10-12)29(26,27)16-4-2-15(3-5-16)28-19(20,21)22/h2-5,8-10H,6-7,11H2,1H3. The highest BCUT2D eigenvalue weighted by atomic mass is 32.2. The maximum absolute atomic E-state index is 12.9. The number of fused-ring (bicyclic) bond motifs is 2. The number of nitrogens with zero attached hydrogens (tertiary/aromatic N) is 3. The minimum absolute atomic E-state index is 0.0956. The smallest absolute Gasteiger partial charge is 0.406 e. The van der Waals surface area contributed by atoms with E-state index in [9.17, 15) is 21.6 Å². The molecule has 0 atom stereocenters. The molecular formula is C19H16F3N3O3S. The summed E-state index contributed by atoms with van der Waals surface area (Å²) in [5.41, 5.74) is 3.18. The average Bonchev–Trinajstić information content (AvgIpc) is 2.65. The fourth-order valence-electron chi connectivity index (χ4n) is 3.28. The highest BCUT2D eigenvalue weighted by molar-refractivity contribution is 7.89. The highest BCUT2D eigenvalue weighted by Gasteiger charge is 2.32. The molecule has 0 fully saturated rings. The third-order valence-electron chi connectivity index (χ3n) is 4.61. The molecule has 2 aromatic heterocycles. The number of benzene rings is 1. The molecule has 29 heavy (non-hydrogen) atoms. The molecule has 0 radical (unpaired) electrons. The second kappa shape index (κ2) is 6.96. The van der Waals surface area contributed by atoms with Gasteiger partial charge in [-0.15, -0.1) is 13.2 Å². The Labute approximate surface area is 165 Å². The molecule has 10 heteroatoms. The summed E-state index contributed by atoms with van der Waals surface area (Å²) < 4.78 is 67.8. The molecule has 1 aliphatic rings. The summed E-state index contributed by atoms with van der Waals surface area (Å²) in [7, 11) is -3.87. The number of alkyl halides is 3. The number of sulfonamides is 1. The predicted octanol–water partition coefficient (Wildman–Crippen LogP) is 3.58. The van der Waals surface area contributed by atoms with Gasteiger partial charge in [0.25, 0.3) is 0 Å². The van der Waals surface area contributed by atoms with Gasteiger partial charge in [0.2, 0.25) is 10.0 Å². The third-order valence-corrected chi connectivity index (χ3v) is 6.47. The topological polar surface area (TPSA) is 72.4 Å². The number of aromatic nitrogens is 2. The number of halogens is 3. The van der Waals surface area contributed by atoms with Gasteiger partial charge in [-0.1, -0.05) is 0 Å². The van der Waals surface area contributed by atoms with E-state index < -0.39 is 22.1 Å². The second-order valence-electron chi connectivity index (χ2n) is 6.76. The lowest BCUT2D eigenvalue weighted by atomic mass is 10.1. The molecule has 4 rings (SSSR count). The summed E-state index contributed by atoms with van der Waals surface area (Å²) in [5, 5.41) is 0.830. The zero-order valence-corrected chi connectivity index (χ0v) is 16.1. The van der Waals surface area contributed by atoms with Crippen molar-refractivity contribution in [2.45, 2.75) is 31.1 Å². The summed E-state index contributed by atoms with van der Waals surface area (Å²) in [6, 6.07) is 8.02. The Bertz CT molecular complexity index is 1180. The molecule has 3 aromatic rings. The molecule has 1 aromatic carbocycles. The lowest BCUT2D eigenvalue weighted by Gasteiger charge is -2.27. The van der Waals surface area contributed by atoms with Crippen molar-refractivity contribution in [2.75, 3.05) is 6.54 Å². The zero-order chi connectivity index (χ0) is 20.8. The third kappa shape index (κ3) is 4.03. The van der Waals surface area contributed by atoms with Crippen molar-refractivity contribution < 1.29 is 26.3 Å². The van der Waals surface area contributed by atoms with E-state index >= 15 is 0 Å². The molecule has 0 saturated carbocycles. The van der Waals surface area contributed by atoms with Crippen LogP contribution < -0.4 is 4.74 Å². The number of ether oxygens (including phenoxy) is 1. The number of hydrogen-bond acceptors (Lipinski definition) is 5. The summed E-state index contributed by atoms with van der Waals surface area (Å²) in [6.45, 7) is 2.27. The van der Waals surface area contributed by atoms with Crippen LogP contribution >= 0.6 is 0 Å². The first-order chi connectivity index (χ1) is 13.6. The minimum Gasteiger partial charge on any atom is -0.406 e. The van der Waals surface area contributed by atoms with E-state index in [4.69, 9.17) is 0 Å². The van der Waals surface area contributed by atoms with Crippen LogP contribution in [0.2, 0.25) is 0 Å². The van der Waals surface area contributed by atoms with Crippen molar-refractivity contribution in [1.29, 1.82) is 0 Å². The Hall–Kier alpha value is -2.72. The van der Waals surface area contributed by atoms with Gasteiger partial charge >= 0.3 is 6.36 Å². The molecule has 0 aliphatic carbocycles. The molecule has 0 spiro atoms. The SMILES string of the molecule is Cc1cnc2nc3c(cc2c1)CN(S(=O)(=O)c1ccc(OC(F)(F)F)cc1)CC3. The van der Waals surface area contributed by atoms with Gasteiger partial charge in [0, 0.05) is 36.8 Å². The van der Waals surface area contributed by atoms with Gasteiger partial charge in [0.05, 0.1) is 4.90 Å². The monoisotopic (exact) mass is 423 g/mol. The first-order valence-corrected chi connectivity index (χ1v) is 10.2. The summed E-state index contributed by atoms with van der Waals surface area (Å²) >= 11 is 0. The van der Waals surface area contributed by atoms with Gasteiger partial charge in [-0.2, -0.15) is 4.31 Å². The number of rotatable bonds is 3. The molecular weight excluding hydrogens is 407 g/mol. The van der Waals surface area contributed by atoms with E-state index in [1.807, 2.05) is 19.1 Å². The van der Waals surface area contributed by atoms with Crippen LogP contribution in [0, 0.1) is 6.92 Å². The normalized spacial score (nSPS) is 15.3. The minimum atomic E-state index is -4.83. The van der Waals surface area contributed by atoms with E-state index in [0.717, 1.165) is 46.5 Å². The van der Waals surface area contributed by atoms with Crippen molar-refractivity contribution in [1.82, 2.24) is 14.3 Å². The van der Waals surface area contributed by atoms with Crippen molar-refractivity contribution in [3.05, 3.63) is 59.4 Å². The van der Waals surface area contributed by atoms with Crippen LogP contribution in [0.25, 0.3) is 11.0 Å². The van der Waals surface area contributed by atoms with E-state index in [2.05, 4.69) is 14.7 Å². The van der Waals surface area contributed by atoms with Crippen molar-refractivity contribution in [3.63, 3.8) is 0 Å². The van der Waals surface area contributed by atoms with Gasteiger partial charge < -0.3 is 4.74 Å².